The van der Waals surface area contributed by atoms with E-state index in [1.54, 1.807) is 0 Å². The smallest absolute Gasteiger partial charge is 0.00201 e. The summed E-state index contributed by atoms with van der Waals surface area (Å²) in [4.78, 5) is 0. The fraction of sp³-hybridized carbons (Fsp3) is 0. The van der Waals surface area contributed by atoms with Crippen LogP contribution < -0.4 is 0 Å². The average molecular weight is 1550 g/mol. The van der Waals surface area contributed by atoms with Gasteiger partial charge < -0.3 is 0 Å². The molecule has 0 N–H and O–H groups in total. The quantitative estimate of drug-likeness (QED) is 0.120. The van der Waals surface area contributed by atoms with Gasteiger partial charge in [-0.05, 0) is 266 Å². The summed E-state index contributed by atoms with van der Waals surface area (Å²) >= 11 is 0. The molecule has 0 spiro atoms. The van der Waals surface area contributed by atoms with Gasteiger partial charge in [0.1, 0.15) is 0 Å². The van der Waals surface area contributed by atoms with Crippen molar-refractivity contribution in [3.05, 3.63) is 485 Å². The second kappa shape index (κ2) is 31.5. The molecule has 0 aromatic heterocycles. The number of rotatable bonds is 10. The molecule has 0 amide bonds. The molecule has 0 aliphatic carbocycles. The Morgan fingerprint density at radius 3 is 0.664 bits per heavy atom. The van der Waals surface area contributed by atoms with Gasteiger partial charge >= 0.3 is 0 Å². The Hall–Kier alpha value is -15.9. The van der Waals surface area contributed by atoms with Crippen LogP contribution in [0.4, 0.5) is 0 Å². The van der Waals surface area contributed by atoms with Gasteiger partial charge in [0.05, 0.1) is 0 Å². The first kappa shape index (κ1) is 72.6. The molecule has 0 aliphatic heterocycles. The summed E-state index contributed by atoms with van der Waals surface area (Å²) < 4.78 is 0. The SMILES string of the molecule is c1cc(-c2ccc3ccccc3c2)cc(-c2c3ccccc3c(-c3ccc4ccccc4c3)c3ccccc23)c1.c1ccc(-c2ccccc2-c2c3ccccc3c(-c3cccc(-c4ccc5ccccc5c4)c3)c3ccccc23)cc1.c1ccc2cc(-c3c4ccccc4c(-c4ccc(-c5cccc6ccccc56)cc4)c4ccccc34)ccc2c1. The average Bonchev–Trinajstić information content (AvgIpc) is 0.738. The van der Waals surface area contributed by atoms with Crippen LogP contribution in [0, 0.1) is 0 Å². The number of fused-ring (bicyclic) bond motifs is 11. The molecule has 568 valence electrons. The van der Waals surface area contributed by atoms with E-state index < -0.39 is 0 Å². The van der Waals surface area contributed by atoms with Crippen LogP contribution in [-0.2, 0) is 0 Å². The van der Waals surface area contributed by atoms with Crippen LogP contribution >= 0.6 is 0 Å². The van der Waals surface area contributed by atoms with Crippen LogP contribution in [-0.4, -0.2) is 0 Å². The lowest BCUT2D eigenvalue weighted by molar-refractivity contribution is 1.60. The van der Waals surface area contributed by atoms with E-state index in [0.29, 0.717) is 0 Å². The molecule has 0 aliphatic rings. The molecule has 0 saturated heterocycles. The summed E-state index contributed by atoms with van der Waals surface area (Å²) in [6.45, 7) is 0. The van der Waals surface area contributed by atoms with Crippen LogP contribution in [0.15, 0.2) is 485 Å². The monoisotopic (exact) mass is 1540 g/mol. The molecule has 0 atom stereocenters. The van der Waals surface area contributed by atoms with E-state index in [1.807, 2.05) is 0 Å². The van der Waals surface area contributed by atoms with E-state index in [4.69, 9.17) is 0 Å². The van der Waals surface area contributed by atoms with Crippen molar-refractivity contribution in [3.8, 4) is 111 Å². The maximum absolute atomic E-state index is 2.36. The fourth-order valence-electron chi connectivity index (χ4n) is 19.2. The Bertz CT molecular complexity index is 8010. The molecule has 0 fully saturated rings. The van der Waals surface area contributed by atoms with Gasteiger partial charge in [-0.1, -0.05) is 449 Å². The molecule has 0 radical (unpaired) electrons. The minimum atomic E-state index is 1.23. The zero-order chi connectivity index (χ0) is 80.8. The second-order valence-electron chi connectivity index (χ2n) is 31.9. The van der Waals surface area contributed by atoms with Crippen LogP contribution in [0.25, 0.3) is 230 Å². The molecule has 0 heteroatoms. The van der Waals surface area contributed by atoms with Crippen molar-refractivity contribution >= 4 is 118 Å². The van der Waals surface area contributed by atoms with Gasteiger partial charge in [0.2, 0.25) is 0 Å². The first-order valence-corrected chi connectivity index (χ1v) is 42.2. The predicted octanol–water partition coefficient (Wildman–Crippen LogP) is 34.4. The molecular weight excluding hydrogens is 1470 g/mol. The summed E-state index contributed by atoms with van der Waals surface area (Å²) in [5.74, 6) is 0. The normalized spacial score (nSPS) is 11.4. The Morgan fingerprint density at radius 1 is 0.0820 bits per heavy atom. The van der Waals surface area contributed by atoms with Crippen molar-refractivity contribution in [2.45, 2.75) is 0 Å². The standard InChI is InChI=1S/C42H28.2C40H26/c1-2-14-30(15-3-1)35-19-6-7-20-36(35)42-39-23-10-8-21-37(39)41(38-22-9-11-24-40(38)42)34-18-12-17-32(28-34)33-26-25-29-13-4-5-16-31(29)27-33;1-3-12-29-24-32(22-20-27(29)10-1)31-14-9-15-33(26-31)39-35-16-5-7-18-37(35)40(38-19-8-6-17-36(38)39)34-23-21-28-11-2-4-13-30(28)25-34;1-2-12-31-26-32(25-20-27(31)10-1)40-37-17-7-5-15-35(37)39(36-16-6-8-18-38(36)40)30-23-21-29(22-24-30)34-19-9-13-28-11-3-4-14-33(28)34/h1-28H;2*1-26H. The third-order valence-corrected chi connectivity index (χ3v) is 24.9. The highest BCUT2D eigenvalue weighted by Gasteiger charge is 2.23. The van der Waals surface area contributed by atoms with Gasteiger partial charge in [-0.15, -0.1) is 0 Å². The van der Waals surface area contributed by atoms with E-state index in [9.17, 15) is 0 Å². The highest BCUT2D eigenvalue weighted by molar-refractivity contribution is 6.25. The summed E-state index contributed by atoms with van der Waals surface area (Å²) in [6.07, 6.45) is 0. The van der Waals surface area contributed by atoms with E-state index in [1.165, 1.54) is 230 Å². The second-order valence-corrected chi connectivity index (χ2v) is 31.9. The van der Waals surface area contributed by atoms with Crippen LogP contribution in [0.3, 0.4) is 0 Å². The summed E-state index contributed by atoms with van der Waals surface area (Å²) in [6, 6.07) is 177. The van der Waals surface area contributed by atoms with Crippen LogP contribution in [0.5, 0.6) is 0 Å². The first-order valence-electron chi connectivity index (χ1n) is 42.2. The Labute approximate surface area is 710 Å². The lowest BCUT2D eigenvalue weighted by Gasteiger charge is -2.20. The van der Waals surface area contributed by atoms with Gasteiger partial charge in [0.25, 0.3) is 0 Å². The summed E-state index contributed by atoms with van der Waals surface area (Å²) in [5, 5.41) is 28.0. The Morgan fingerprint density at radius 2 is 0.287 bits per heavy atom. The van der Waals surface area contributed by atoms with Gasteiger partial charge in [0.15, 0.2) is 0 Å². The lowest BCUT2D eigenvalue weighted by Crippen LogP contribution is -1.93. The molecule has 122 heavy (non-hydrogen) atoms. The number of hydrogen-bond donors (Lipinski definition) is 0. The highest BCUT2D eigenvalue weighted by Crippen LogP contribution is 2.50. The fourth-order valence-corrected chi connectivity index (χ4v) is 19.2. The minimum absolute atomic E-state index is 1.23. The lowest BCUT2D eigenvalue weighted by atomic mass is 9.83. The molecule has 24 aromatic carbocycles. The third kappa shape index (κ3) is 13.3. The van der Waals surface area contributed by atoms with Crippen molar-refractivity contribution in [2.75, 3.05) is 0 Å². The molecule has 0 unspecified atom stereocenters. The van der Waals surface area contributed by atoms with Crippen LogP contribution in [0.1, 0.15) is 0 Å². The molecule has 0 heterocycles. The first-order chi connectivity index (χ1) is 60.5. The zero-order valence-electron chi connectivity index (χ0n) is 67.2. The van der Waals surface area contributed by atoms with Crippen molar-refractivity contribution in [2.24, 2.45) is 0 Å². The maximum Gasteiger partial charge on any atom is -0.00201 e. The maximum atomic E-state index is 2.36. The van der Waals surface area contributed by atoms with Crippen molar-refractivity contribution in [3.63, 3.8) is 0 Å². The molecule has 0 nitrogen and oxygen atoms in total. The number of benzene rings is 24. The Kier molecular flexibility index (Phi) is 18.8. The third-order valence-electron chi connectivity index (χ3n) is 24.9. The van der Waals surface area contributed by atoms with Gasteiger partial charge in [-0.3, -0.25) is 0 Å². The molecule has 0 saturated carbocycles. The topological polar surface area (TPSA) is 0 Å². The van der Waals surface area contributed by atoms with Gasteiger partial charge in [0, 0.05) is 0 Å². The van der Waals surface area contributed by atoms with Crippen molar-refractivity contribution in [1.29, 1.82) is 0 Å². The Balaban J connectivity index is 0.000000109. The molecule has 24 rings (SSSR count). The van der Waals surface area contributed by atoms with E-state index >= 15 is 0 Å². The van der Waals surface area contributed by atoms with Crippen molar-refractivity contribution < 1.29 is 0 Å². The molecule has 24 aromatic rings. The summed E-state index contributed by atoms with van der Waals surface area (Å²) in [5.41, 5.74) is 25.1. The van der Waals surface area contributed by atoms with E-state index in [0.717, 1.165) is 0 Å². The number of hydrogen-bond acceptors (Lipinski definition) is 0. The molecular formula is C122H80. The van der Waals surface area contributed by atoms with Crippen molar-refractivity contribution in [1.82, 2.24) is 0 Å². The van der Waals surface area contributed by atoms with E-state index in [2.05, 4.69) is 485 Å². The highest BCUT2D eigenvalue weighted by atomic mass is 14.3. The largest absolute Gasteiger partial charge is 0.0622 e. The zero-order valence-corrected chi connectivity index (χ0v) is 67.2. The van der Waals surface area contributed by atoms with Gasteiger partial charge in [-0.2, -0.15) is 0 Å². The van der Waals surface area contributed by atoms with E-state index in [-0.39, 0.29) is 0 Å². The van der Waals surface area contributed by atoms with Gasteiger partial charge in [-0.25, -0.2) is 0 Å². The molecule has 0 bridgehead atoms. The minimum Gasteiger partial charge on any atom is -0.0622 e. The predicted molar refractivity (Wildman–Crippen MR) is 526 cm³/mol. The summed E-state index contributed by atoms with van der Waals surface area (Å²) in [7, 11) is 0. The van der Waals surface area contributed by atoms with Crippen LogP contribution in [0.2, 0.25) is 0 Å².